The van der Waals surface area contributed by atoms with Crippen molar-refractivity contribution in [2.45, 2.75) is 19.9 Å². The first kappa shape index (κ1) is 20.1. The molecule has 0 aliphatic carbocycles. The predicted octanol–water partition coefficient (Wildman–Crippen LogP) is 3.33. The Balaban J connectivity index is 0.00000225. The Labute approximate surface area is 175 Å². The Morgan fingerprint density at radius 3 is 2.72 bits per heavy atom. The topological polar surface area (TPSA) is 62.8 Å². The van der Waals surface area contributed by atoms with Crippen LogP contribution in [0.3, 0.4) is 0 Å². The zero-order valence-electron chi connectivity index (χ0n) is 14.2. The number of halogens is 1. The van der Waals surface area contributed by atoms with Crippen molar-refractivity contribution in [3.05, 3.63) is 45.7 Å². The fraction of sp³-hybridized carbons (Fsp3) is 0.333. The van der Waals surface area contributed by atoms with Gasteiger partial charge in [-0.3, -0.25) is 5.36 Å². The molecule has 1 atom stereocenters. The van der Waals surface area contributed by atoms with Gasteiger partial charge >= 0.3 is 31.1 Å². The van der Waals surface area contributed by atoms with Crippen LogP contribution >= 0.6 is 11.6 Å². The van der Waals surface area contributed by atoms with Crippen LogP contribution in [0.1, 0.15) is 25.5 Å². The first-order valence-electron chi connectivity index (χ1n) is 7.63. The molecule has 0 fully saturated rings. The van der Waals surface area contributed by atoms with Gasteiger partial charge < -0.3 is 24.2 Å². The third-order valence-electron chi connectivity index (χ3n) is 4.27. The van der Waals surface area contributed by atoms with E-state index in [1.165, 1.54) is 0 Å². The third kappa shape index (κ3) is 3.67. The number of aromatic nitrogens is 1. The van der Waals surface area contributed by atoms with E-state index in [9.17, 15) is 10.2 Å². The van der Waals surface area contributed by atoms with E-state index in [0.717, 1.165) is 11.3 Å². The number of ether oxygens (including phenoxy) is 2. The molecule has 0 N–H and O–H groups in total. The molecule has 1 aromatic carbocycles. The largest absolute Gasteiger partial charge is 2.00 e. The zero-order valence-corrected chi connectivity index (χ0v) is 19.1. The third-order valence-corrected chi connectivity index (χ3v) is 4.57. The van der Waals surface area contributed by atoms with E-state index in [4.69, 9.17) is 21.1 Å². The average Bonchev–Trinajstić information content (AvgIpc) is 2.70. The summed E-state index contributed by atoms with van der Waals surface area (Å²) in [5, 5.41) is 10.4. The molecule has 0 bridgehead atoms. The summed E-state index contributed by atoms with van der Waals surface area (Å²) < 4.78 is 13.2. The molecule has 2 heterocycles. The van der Waals surface area contributed by atoms with Crippen LogP contribution in [-0.4, -0.2) is 24.6 Å². The molecule has 5 nitrogen and oxygen atoms in total. The number of carbonyl (C=O) groups excluding carboxylic acids is 1. The average molecular weight is 583 g/mol. The maximum absolute atomic E-state index is 11.1. The molecule has 0 saturated carbocycles. The van der Waals surface area contributed by atoms with Crippen molar-refractivity contribution in [3.63, 3.8) is 0 Å². The van der Waals surface area contributed by atoms with Gasteiger partial charge in [-0.25, -0.2) is 0 Å². The quantitative estimate of drug-likeness (QED) is 0.522. The Bertz CT molecular complexity index is 864. The number of pyridine rings is 1. The number of benzene rings is 1. The molecule has 1 unspecified atom stereocenters. The van der Waals surface area contributed by atoms with Crippen LogP contribution in [0, 0.1) is 37.0 Å². The van der Waals surface area contributed by atoms with E-state index in [2.05, 4.69) is 13.8 Å². The Morgan fingerprint density at radius 2 is 2.12 bits per heavy atom. The molecule has 0 amide bonds. The molecule has 7 heteroatoms. The summed E-state index contributed by atoms with van der Waals surface area (Å²) in [5.74, 6) is 1.40. The van der Waals surface area contributed by atoms with Gasteiger partial charge in [0.15, 0.2) is 0 Å². The zero-order chi connectivity index (χ0) is 17.4. The first-order chi connectivity index (χ1) is 11.5. The van der Waals surface area contributed by atoms with Gasteiger partial charge in [0.05, 0.1) is 24.5 Å². The minimum atomic E-state index is -0.126. The number of hydrogen-bond donors (Lipinski definition) is 0. The Kier molecular flexibility index (Phi) is 6.42. The number of rotatable bonds is 3. The number of fused-ring (bicyclic) bond motifs is 3. The number of nitrogens with zero attached hydrogens (tertiary/aromatic N) is 2. The van der Waals surface area contributed by atoms with Crippen LogP contribution in [0.25, 0.3) is 16.7 Å². The second-order valence-electron chi connectivity index (χ2n) is 6.07. The summed E-state index contributed by atoms with van der Waals surface area (Å²) in [4.78, 5) is 11.1. The van der Waals surface area contributed by atoms with E-state index in [0.29, 0.717) is 23.1 Å². The smallest absolute Gasteiger partial charge is 0.872 e. The van der Waals surface area contributed by atoms with Crippen LogP contribution in [0.4, 0.5) is 0 Å². The molecular weight excluding hydrogens is 566 g/mol. The van der Waals surface area contributed by atoms with Crippen LogP contribution < -0.4 is 14.8 Å². The van der Waals surface area contributed by atoms with E-state index in [1.54, 1.807) is 37.8 Å². The predicted molar refractivity (Wildman–Crippen MR) is 92.1 cm³/mol. The summed E-state index contributed by atoms with van der Waals surface area (Å²) >= 11 is 6.26. The van der Waals surface area contributed by atoms with E-state index >= 15 is 0 Å². The van der Waals surface area contributed by atoms with Gasteiger partial charge in [-0.05, 0) is 12.0 Å². The molecule has 0 radical (unpaired) electrons. The van der Waals surface area contributed by atoms with E-state index < -0.39 is 0 Å². The van der Waals surface area contributed by atoms with Crippen molar-refractivity contribution in [1.82, 2.24) is 4.57 Å². The van der Waals surface area contributed by atoms with Crippen molar-refractivity contribution in [3.8, 4) is 22.8 Å². The summed E-state index contributed by atoms with van der Waals surface area (Å²) in [6.07, 6.45) is 3.38. The van der Waals surface area contributed by atoms with Crippen LogP contribution in [0.2, 0.25) is 5.02 Å². The van der Waals surface area contributed by atoms with Crippen molar-refractivity contribution in [1.29, 1.82) is 0 Å². The van der Waals surface area contributed by atoms with Gasteiger partial charge in [-0.1, -0.05) is 31.6 Å². The summed E-state index contributed by atoms with van der Waals surface area (Å²) in [6.45, 7) is 4.58. The van der Waals surface area contributed by atoms with Gasteiger partial charge in [-0.15, -0.1) is 6.07 Å². The number of hydrogen-bond acceptors (Lipinski definition) is 3. The molecule has 1 aliphatic rings. The minimum Gasteiger partial charge on any atom is -0.872 e. The fourth-order valence-electron chi connectivity index (χ4n) is 2.91. The molecule has 0 saturated heterocycles. The van der Waals surface area contributed by atoms with Crippen LogP contribution in [0.5, 0.6) is 11.5 Å². The molecule has 3 rings (SSSR count). The molecule has 2 aromatic rings. The van der Waals surface area contributed by atoms with E-state index in [-0.39, 0.29) is 54.0 Å². The van der Waals surface area contributed by atoms with Crippen LogP contribution in [-0.2, 0) is 4.79 Å². The molecule has 0 spiro atoms. The van der Waals surface area contributed by atoms with E-state index in [1.807, 2.05) is 4.57 Å². The molecular formula is C18H17ClN2O3U. The second kappa shape index (κ2) is 7.99. The number of methoxy groups -OCH3 is 1. The molecule has 1 aromatic heterocycles. The normalized spacial score (nSPS) is 15.3. The summed E-state index contributed by atoms with van der Waals surface area (Å²) in [7, 11) is 1.54. The van der Waals surface area contributed by atoms with Crippen molar-refractivity contribution >= 4 is 17.9 Å². The Hall–Kier alpha value is -1.22. The fourth-order valence-corrected chi connectivity index (χ4v) is 3.15. The van der Waals surface area contributed by atoms with Gasteiger partial charge in [-0.2, -0.15) is 5.56 Å². The Morgan fingerprint density at radius 1 is 1.40 bits per heavy atom. The SMILES string of the molecule is COc1cc2c(cc1Cl)-c1cc(=[N-])c([C-]=O)cn1C(C(C)C)CO2.[U+2]. The van der Waals surface area contributed by atoms with Crippen LogP contribution in [0.15, 0.2) is 24.4 Å². The monoisotopic (exact) mass is 582 g/mol. The van der Waals surface area contributed by atoms with Gasteiger partial charge in [0.25, 0.3) is 0 Å². The van der Waals surface area contributed by atoms with Crippen molar-refractivity contribution in [2.75, 3.05) is 13.7 Å². The molecule has 1 aliphatic heterocycles. The minimum absolute atomic E-state index is 0. The van der Waals surface area contributed by atoms with Gasteiger partial charge in [0.2, 0.25) is 0 Å². The summed E-state index contributed by atoms with van der Waals surface area (Å²) in [5.41, 5.74) is 1.58. The molecule has 128 valence electrons. The van der Waals surface area contributed by atoms with Crippen molar-refractivity contribution < 1.29 is 45.4 Å². The maximum atomic E-state index is 11.1. The van der Waals surface area contributed by atoms with Crippen molar-refractivity contribution in [2.24, 2.45) is 5.92 Å². The van der Waals surface area contributed by atoms with Gasteiger partial charge in [0, 0.05) is 17.3 Å². The summed E-state index contributed by atoms with van der Waals surface area (Å²) in [6, 6.07) is 5.02. The van der Waals surface area contributed by atoms with Gasteiger partial charge in [0.1, 0.15) is 18.1 Å². The second-order valence-corrected chi connectivity index (χ2v) is 6.48. The first-order valence-corrected chi connectivity index (χ1v) is 8.01. The molecule has 25 heavy (non-hydrogen) atoms. The standard InChI is InChI=1S/C18H17ClN2O3.U/c1-10(2)16-9-24-17-6-18(23-3)13(19)4-12(17)15-5-14(20)11(8-22)7-21(15)16;/h4-7,10,16H,9H2,1-3H3;/q-2;+2. The maximum Gasteiger partial charge on any atom is 2.00 e.